The van der Waals surface area contributed by atoms with Gasteiger partial charge in [0.25, 0.3) is 0 Å². The van der Waals surface area contributed by atoms with Gasteiger partial charge in [0.15, 0.2) is 0 Å². The molecule has 2 aromatic carbocycles. The number of fused-ring (bicyclic) bond motifs is 2. The van der Waals surface area contributed by atoms with Gasteiger partial charge in [-0.25, -0.2) is 0 Å². The Kier molecular flexibility index (Phi) is 5.30. The summed E-state index contributed by atoms with van der Waals surface area (Å²) in [6, 6.07) is 15.4. The molecule has 3 nitrogen and oxygen atoms in total. The average Bonchev–Trinajstić information content (AvgIpc) is 2.68. The highest BCUT2D eigenvalue weighted by Gasteiger charge is 2.26. The summed E-state index contributed by atoms with van der Waals surface area (Å²) in [4.78, 5) is 5.30. The van der Waals surface area contributed by atoms with Crippen molar-refractivity contribution in [1.29, 1.82) is 0 Å². The molecule has 1 fully saturated rings. The predicted octanol–water partition coefficient (Wildman–Crippen LogP) is 4.40. The van der Waals surface area contributed by atoms with Gasteiger partial charge >= 0.3 is 0 Å². The first kappa shape index (κ1) is 17.0. The van der Waals surface area contributed by atoms with Gasteiger partial charge in [-0.1, -0.05) is 30.0 Å². The Morgan fingerprint density at radius 2 is 1.88 bits per heavy atom. The molecule has 2 aliphatic rings. The van der Waals surface area contributed by atoms with Gasteiger partial charge in [-0.3, -0.25) is 4.90 Å². The van der Waals surface area contributed by atoms with Crippen molar-refractivity contribution >= 4 is 11.8 Å². The summed E-state index contributed by atoms with van der Waals surface area (Å²) in [6.45, 7) is 5.06. The minimum absolute atomic E-state index is 0.462. The molecule has 1 unspecified atom stereocenters. The summed E-state index contributed by atoms with van der Waals surface area (Å²) in [6.07, 6.45) is 2.38. The van der Waals surface area contributed by atoms with Crippen molar-refractivity contribution in [1.82, 2.24) is 4.90 Å². The molecule has 0 amide bonds. The maximum atomic E-state index is 5.48. The molecular formula is C21H25NO2S. The Balaban J connectivity index is 1.55. The van der Waals surface area contributed by atoms with Crippen LogP contribution in [0.5, 0.6) is 5.75 Å². The van der Waals surface area contributed by atoms with Crippen LogP contribution in [0.2, 0.25) is 0 Å². The second-order valence-electron chi connectivity index (χ2n) is 6.69. The Bertz CT molecular complexity index is 728. The van der Waals surface area contributed by atoms with Gasteiger partial charge < -0.3 is 9.47 Å². The van der Waals surface area contributed by atoms with Crippen molar-refractivity contribution in [2.45, 2.75) is 28.6 Å². The number of ether oxygens (including phenoxy) is 2. The summed E-state index contributed by atoms with van der Waals surface area (Å²) < 4.78 is 10.9. The highest BCUT2D eigenvalue weighted by atomic mass is 32.2. The fourth-order valence-corrected chi connectivity index (χ4v) is 4.99. The molecule has 1 saturated heterocycles. The highest BCUT2D eigenvalue weighted by molar-refractivity contribution is 7.99. The van der Waals surface area contributed by atoms with E-state index in [9.17, 15) is 0 Å². The van der Waals surface area contributed by atoms with E-state index in [1.807, 2.05) is 11.8 Å². The molecule has 132 valence electrons. The van der Waals surface area contributed by atoms with Crippen LogP contribution in [0.4, 0.5) is 0 Å². The van der Waals surface area contributed by atoms with E-state index >= 15 is 0 Å². The van der Waals surface area contributed by atoms with Crippen molar-refractivity contribution in [3.63, 3.8) is 0 Å². The van der Waals surface area contributed by atoms with Gasteiger partial charge in [-0.15, -0.1) is 0 Å². The Morgan fingerprint density at radius 1 is 1.08 bits per heavy atom. The first-order valence-corrected chi connectivity index (χ1v) is 9.91. The maximum absolute atomic E-state index is 5.48. The van der Waals surface area contributed by atoms with E-state index in [-0.39, 0.29) is 0 Å². The van der Waals surface area contributed by atoms with Crippen molar-refractivity contribution in [2.24, 2.45) is 0 Å². The topological polar surface area (TPSA) is 21.7 Å². The van der Waals surface area contributed by atoms with Crippen LogP contribution in [-0.4, -0.2) is 44.9 Å². The van der Waals surface area contributed by atoms with Crippen LogP contribution in [0.15, 0.2) is 52.3 Å². The van der Waals surface area contributed by atoms with Crippen LogP contribution < -0.4 is 4.74 Å². The summed E-state index contributed by atoms with van der Waals surface area (Å²) in [5.41, 5.74) is 2.89. The number of nitrogens with zero attached hydrogens (tertiary/aromatic N) is 1. The van der Waals surface area contributed by atoms with E-state index in [0.29, 0.717) is 5.92 Å². The van der Waals surface area contributed by atoms with E-state index in [4.69, 9.17) is 9.47 Å². The van der Waals surface area contributed by atoms with Gasteiger partial charge in [-0.05, 0) is 54.8 Å². The molecule has 2 aromatic rings. The molecule has 0 aromatic heterocycles. The lowest BCUT2D eigenvalue weighted by Gasteiger charge is -2.30. The Labute approximate surface area is 154 Å². The van der Waals surface area contributed by atoms with Gasteiger partial charge in [0.2, 0.25) is 0 Å². The molecule has 0 spiro atoms. The fraction of sp³-hybridized carbons (Fsp3) is 0.429. The quantitative estimate of drug-likeness (QED) is 0.792. The van der Waals surface area contributed by atoms with E-state index in [0.717, 1.165) is 38.6 Å². The largest absolute Gasteiger partial charge is 0.497 e. The zero-order valence-corrected chi connectivity index (χ0v) is 15.6. The number of rotatable bonds is 5. The fourth-order valence-electron chi connectivity index (χ4n) is 3.82. The van der Waals surface area contributed by atoms with Gasteiger partial charge in [0, 0.05) is 28.8 Å². The standard InChI is InChI=1S/C21H25NO2S/c1-23-16-8-9-21-19(15-16)17(18-5-2-3-7-20(18)25-21)6-4-10-22-11-13-24-14-12-22/h2-3,5,7-9,15,17H,4,6,10-14H2,1H3. The third-order valence-corrected chi connectivity index (χ3v) is 6.36. The molecule has 0 bridgehead atoms. The number of benzene rings is 2. The summed E-state index contributed by atoms with van der Waals surface area (Å²) in [5, 5.41) is 0. The van der Waals surface area contributed by atoms with Crippen molar-refractivity contribution in [3.05, 3.63) is 53.6 Å². The average molecular weight is 356 g/mol. The van der Waals surface area contributed by atoms with E-state index in [2.05, 4.69) is 47.4 Å². The summed E-state index contributed by atoms with van der Waals surface area (Å²) in [5.74, 6) is 1.42. The minimum Gasteiger partial charge on any atom is -0.497 e. The number of morpholine rings is 1. The van der Waals surface area contributed by atoms with Crippen molar-refractivity contribution < 1.29 is 9.47 Å². The monoisotopic (exact) mass is 355 g/mol. The molecule has 0 radical (unpaired) electrons. The van der Waals surface area contributed by atoms with Crippen LogP contribution in [0.3, 0.4) is 0 Å². The molecule has 0 aliphatic carbocycles. The second kappa shape index (κ2) is 7.81. The first-order chi connectivity index (χ1) is 12.3. The first-order valence-electron chi connectivity index (χ1n) is 9.10. The lowest BCUT2D eigenvalue weighted by molar-refractivity contribution is 0.0370. The summed E-state index contributed by atoms with van der Waals surface area (Å²) in [7, 11) is 1.75. The van der Waals surface area contributed by atoms with Crippen LogP contribution in [0, 0.1) is 0 Å². The SMILES string of the molecule is COc1ccc2c(c1)C(CCCN1CCOCC1)c1ccccc1S2. The van der Waals surface area contributed by atoms with Gasteiger partial charge in [0.1, 0.15) is 5.75 Å². The molecular weight excluding hydrogens is 330 g/mol. The third kappa shape index (κ3) is 3.71. The van der Waals surface area contributed by atoms with Crippen LogP contribution in [0.1, 0.15) is 29.9 Å². The second-order valence-corrected chi connectivity index (χ2v) is 7.78. The molecule has 4 rings (SSSR count). The van der Waals surface area contributed by atoms with E-state index in [1.54, 1.807) is 7.11 Å². The molecule has 2 aliphatic heterocycles. The molecule has 25 heavy (non-hydrogen) atoms. The van der Waals surface area contributed by atoms with Crippen molar-refractivity contribution in [3.8, 4) is 5.75 Å². The molecule has 4 heteroatoms. The smallest absolute Gasteiger partial charge is 0.119 e. The predicted molar refractivity (Wildman–Crippen MR) is 102 cm³/mol. The van der Waals surface area contributed by atoms with Gasteiger partial charge in [0.05, 0.1) is 20.3 Å². The molecule has 2 heterocycles. The van der Waals surface area contributed by atoms with E-state index in [1.165, 1.54) is 33.8 Å². The molecule has 1 atom stereocenters. The zero-order chi connectivity index (χ0) is 17.1. The number of hydrogen-bond donors (Lipinski definition) is 0. The Morgan fingerprint density at radius 3 is 2.72 bits per heavy atom. The normalized spacial score (nSPS) is 20.0. The highest BCUT2D eigenvalue weighted by Crippen LogP contribution is 2.48. The maximum Gasteiger partial charge on any atom is 0.119 e. The van der Waals surface area contributed by atoms with Crippen molar-refractivity contribution in [2.75, 3.05) is 40.0 Å². The number of hydrogen-bond acceptors (Lipinski definition) is 4. The third-order valence-electron chi connectivity index (χ3n) is 5.18. The molecule has 0 saturated carbocycles. The molecule has 0 N–H and O–H groups in total. The van der Waals surface area contributed by atoms with Crippen LogP contribution >= 0.6 is 11.8 Å². The zero-order valence-electron chi connectivity index (χ0n) is 14.7. The number of methoxy groups -OCH3 is 1. The summed E-state index contributed by atoms with van der Waals surface area (Å²) >= 11 is 1.88. The minimum atomic E-state index is 0.462. The van der Waals surface area contributed by atoms with Gasteiger partial charge in [-0.2, -0.15) is 0 Å². The van der Waals surface area contributed by atoms with Crippen LogP contribution in [0.25, 0.3) is 0 Å². The Hall–Kier alpha value is -1.49. The lowest BCUT2D eigenvalue weighted by Crippen LogP contribution is -2.36. The van der Waals surface area contributed by atoms with Crippen LogP contribution in [-0.2, 0) is 4.74 Å². The van der Waals surface area contributed by atoms with E-state index < -0.39 is 0 Å². The lowest BCUT2D eigenvalue weighted by atomic mass is 9.86.